The number of hydrogen-bond acceptors (Lipinski definition) is 4. The van der Waals surface area contributed by atoms with Crippen LogP contribution in [0.1, 0.15) is 68.4 Å². The molecule has 0 bridgehead atoms. The highest BCUT2D eigenvalue weighted by molar-refractivity contribution is 6.06. The number of hydrogen-bond donors (Lipinski definition) is 0. The second-order valence-electron chi connectivity index (χ2n) is 8.92. The first-order chi connectivity index (χ1) is 15.9. The molecule has 0 aliphatic carbocycles. The van der Waals surface area contributed by atoms with Gasteiger partial charge in [-0.3, -0.25) is 9.69 Å². The van der Waals surface area contributed by atoms with Crippen molar-refractivity contribution >= 4 is 11.9 Å². The van der Waals surface area contributed by atoms with Crippen molar-refractivity contribution in [1.82, 2.24) is 4.90 Å². The zero-order chi connectivity index (χ0) is 23.6. The van der Waals surface area contributed by atoms with Crippen molar-refractivity contribution in [2.45, 2.75) is 65.3 Å². The number of carbonyl (C=O) groups excluding carboxylic acids is 1. The van der Waals surface area contributed by atoms with Crippen LogP contribution in [0.25, 0.3) is 6.08 Å². The molecular formula is C29H35NO3. The molecule has 2 aromatic carbocycles. The van der Waals surface area contributed by atoms with Crippen LogP contribution in [-0.4, -0.2) is 42.2 Å². The van der Waals surface area contributed by atoms with Gasteiger partial charge < -0.3 is 9.47 Å². The molecule has 0 aromatic heterocycles. The summed E-state index contributed by atoms with van der Waals surface area (Å²) in [6.45, 7) is 10.3. The van der Waals surface area contributed by atoms with Gasteiger partial charge in [-0.15, -0.1) is 0 Å². The number of ketones is 1. The lowest BCUT2D eigenvalue weighted by Gasteiger charge is -2.28. The summed E-state index contributed by atoms with van der Waals surface area (Å²) in [7, 11) is 0. The van der Waals surface area contributed by atoms with Gasteiger partial charge in [-0.05, 0) is 88.6 Å². The average molecular weight is 446 g/mol. The van der Waals surface area contributed by atoms with Crippen molar-refractivity contribution in [3.63, 3.8) is 0 Å². The molecular weight excluding hydrogens is 410 g/mol. The van der Waals surface area contributed by atoms with Crippen LogP contribution < -0.4 is 4.74 Å². The van der Waals surface area contributed by atoms with E-state index in [-0.39, 0.29) is 12.1 Å². The number of allylic oxidation sites excluding steroid dienone is 1. The van der Waals surface area contributed by atoms with Crippen molar-refractivity contribution in [1.29, 1.82) is 0 Å². The fourth-order valence-corrected chi connectivity index (χ4v) is 3.79. The topological polar surface area (TPSA) is 38.8 Å². The van der Waals surface area contributed by atoms with Crippen molar-refractivity contribution in [2.75, 3.05) is 13.2 Å². The second kappa shape index (κ2) is 12.4. The van der Waals surface area contributed by atoms with Gasteiger partial charge in [0, 0.05) is 29.6 Å². The Labute approximate surface area is 198 Å². The van der Waals surface area contributed by atoms with Crippen LogP contribution in [0.4, 0.5) is 0 Å². The summed E-state index contributed by atoms with van der Waals surface area (Å²) in [5, 5.41) is 0. The van der Waals surface area contributed by atoms with Gasteiger partial charge in [-0.1, -0.05) is 30.0 Å². The molecule has 0 radical (unpaired) electrons. The van der Waals surface area contributed by atoms with Crippen molar-refractivity contribution < 1.29 is 14.3 Å². The Balaban J connectivity index is 1.53. The normalized spacial score (nSPS) is 16.3. The summed E-state index contributed by atoms with van der Waals surface area (Å²) in [4.78, 5) is 14.9. The van der Waals surface area contributed by atoms with Gasteiger partial charge in [0.2, 0.25) is 0 Å². The highest BCUT2D eigenvalue weighted by atomic mass is 16.7. The van der Waals surface area contributed by atoms with E-state index in [9.17, 15) is 4.79 Å². The zero-order valence-corrected chi connectivity index (χ0v) is 20.2. The van der Waals surface area contributed by atoms with Crippen molar-refractivity contribution in [2.24, 2.45) is 0 Å². The predicted molar refractivity (Wildman–Crippen MR) is 134 cm³/mol. The molecule has 1 aliphatic rings. The summed E-state index contributed by atoms with van der Waals surface area (Å²) >= 11 is 0. The third-order valence-corrected chi connectivity index (χ3v) is 5.70. The first-order valence-electron chi connectivity index (χ1n) is 11.9. The highest BCUT2D eigenvalue weighted by Gasteiger charge is 2.15. The number of benzene rings is 2. The van der Waals surface area contributed by atoms with Gasteiger partial charge in [0.15, 0.2) is 12.1 Å². The van der Waals surface area contributed by atoms with Gasteiger partial charge >= 0.3 is 0 Å². The van der Waals surface area contributed by atoms with Crippen LogP contribution in [0.5, 0.6) is 5.75 Å². The maximum absolute atomic E-state index is 12.5. The molecule has 1 unspecified atom stereocenters. The molecule has 1 heterocycles. The van der Waals surface area contributed by atoms with E-state index in [1.807, 2.05) is 42.5 Å². The molecule has 4 heteroatoms. The smallest absolute Gasteiger partial charge is 0.199 e. The predicted octanol–water partition coefficient (Wildman–Crippen LogP) is 5.96. The minimum atomic E-state index is -0.183. The van der Waals surface area contributed by atoms with E-state index in [0.29, 0.717) is 17.6 Å². The molecule has 174 valence electrons. The lowest BCUT2D eigenvalue weighted by molar-refractivity contribution is -0.105. The fourth-order valence-electron chi connectivity index (χ4n) is 3.79. The summed E-state index contributed by atoms with van der Waals surface area (Å²) in [6.07, 6.45) is 6.36. The summed E-state index contributed by atoms with van der Waals surface area (Å²) in [6, 6.07) is 16.1. The third-order valence-electron chi connectivity index (χ3n) is 5.70. The molecule has 1 saturated heterocycles. The molecule has 0 saturated carbocycles. The number of ether oxygens (including phenoxy) is 2. The van der Waals surface area contributed by atoms with E-state index in [2.05, 4.69) is 44.4 Å². The molecule has 1 fully saturated rings. The quantitative estimate of drug-likeness (QED) is 0.286. The maximum Gasteiger partial charge on any atom is 0.199 e. The van der Waals surface area contributed by atoms with Crippen LogP contribution in [0.3, 0.4) is 0 Å². The standard InChI is InChI=1S/C29H35NO3/c1-22(2)30(23(3)4)20-7-8-24-10-12-25(13-11-24)14-19-28(31)26-15-17-27(18-16-26)33-29-9-5-6-21-32-29/h10-19,22-23,29H,5-6,9,20-21H2,1-4H3/b19-14+. The molecule has 1 atom stereocenters. The Hall–Kier alpha value is -2.87. The minimum absolute atomic E-state index is 0.0400. The maximum atomic E-state index is 12.5. The van der Waals surface area contributed by atoms with Crippen molar-refractivity contribution in [3.05, 3.63) is 71.3 Å². The monoisotopic (exact) mass is 445 g/mol. The van der Waals surface area contributed by atoms with Gasteiger partial charge in [0.05, 0.1) is 13.2 Å². The first-order valence-corrected chi connectivity index (χ1v) is 11.9. The van der Waals surface area contributed by atoms with E-state index in [4.69, 9.17) is 9.47 Å². The average Bonchev–Trinajstić information content (AvgIpc) is 2.81. The highest BCUT2D eigenvalue weighted by Crippen LogP contribution is 2.20. The lowest BCUT2D eigenvalue weighted by Crippen LogP contribution is -2.37. The van der Waals surface area contributed by atoms with Crippen LogP contribution in [0, 0.1) is 11.8 Å². The first kappa shape index (κ1) is 24.8. The SMILES string of the molecule is CC(C)N(CC#Cc1ccc(/C=C/C(=O)c2ccc(OC3CCCCO3)cc2)cc1)C(C)C. The molecule has 0 spiro atoms. The minimum Gasteiger partial charge on any atom is -0.465 e. The molecule has 2 aromatic rings. The summed E-state index contributed by atoms with van der Waals surface area (Å²) in [5.74, 6) is 7.19. The van der Waals surface area contributed by atoms with Gasteiger partial charge in [0.25, 0.3) is 0 Å². The molecule has 3 rings (SSSR count). The van der Waals surface area contributed by atoms with E-state index in [1.54, 1.807) is 18.2 Å². The van der Waals surface area contributed by atoms with E-state index in [1.165, 1.54) is 0 Å². The Morgan fingerprint density at radius 3 is 2.36 bits per heavy atom. The summed E-state index contributed by atoms with van der Waals surface area (Å²) in [5.41, 5.74) is 2.57. The Bertz CT molecular complexity index is 964. The number of rotatable bonds is 8. The Kier molecular flexibility index (Phi) is 9.30. The van der Waals surface area contributed by atoms with E-state index < -0.39 is 0 Å². The molecule has 33 heavy (non-hydrogen) atoms. The molecule has 0 N–H and O–H groups in total. The number of nitrogens with zero attached hydrogens (tertiary/aromatic N) is 1. The largest absolute Gasteiger partial charge is 0.465 e. The zero-order valence-electron chi connectivity index (χ0n) is 20.2. The van der Waals surface area contributed by atoms with Gasteiger partial charge in [-0.2, -0.15) is 0 Å². The second-order valence-corrected chi connectivity index (χ2v) is 8.92. The van der Waals surface area contributed by atoms with Crippen LogP contribution >= 0.6 is 0 Å². The molecule has 1 aliphatic heterocycles. The van der Waals surface area contributed by atoms with E-state index in [0.717, 1.165) is 49.3 Å². The number of carbonyl (C=O) groups is 1. The van der Waals surface area contributed by atoms with Gasteiger partial charge in [0.1, 0.15) is 5.75 Å². The third kappa shape index (κ3) is 7.89. The summed E-state index contributed by atoms with van der Waals surface area (Å²) < 4.78 is 11.4. The van der Waals surface area contributed by atoms with Gasteiger partial charge in [-0.25, -0.2) is 0 Å². The molecule has 4 nitrogen and oxygen atoms in total. The fraction of sp³-hybridized carbons (Fsp3) is 0.414. The van der Waals surface area contributed by atoms with Crippen molar-refractivity contribution in [3.8, 4) is 17.6 Å². The lowest BCUT2D eigenvalue weighted by atomic mass is 10.1. The van der Waals surface area contributed by atoms with Crippen LogP contribution in [-0.2, 0) is 4.74 Å². The Morgan fingerprint density at radius 1 is 1.06 bits per heavy atom. The molecule has 0 amide bonds. The van der Waals surface area contributed by atoms with Crippen LogP contribution in [0.2, 0.25) is 0 Å². The Morgan fingerprint density at radius 2 is 1.76 bits per heavy atom. The van der Waals surface area contributed by atoms with Crippen LogP contribution in [0.15, 0.2) is 54.6 Å². The van der Waals surface area contributed by atoms with E-state index >= 15 is 0 Å².